The Bertz CT molecular complexity index is 856. The normalized spacial score (nSPS) is 14.1. The summed E-state index contributed by atoms with van der Waals surface area (Å²) in [7, 11) is 0. The minimum absolute atomic E-state index is 0.0905. The number of benzene rings is 1. The molecule has 142 valence electrons. The fourth-order valence-electron chi connectivity index (χ4n) is 2.62. The van der Waals surface area contributed by atoms with E-state index in [1.54, 1.807) is 0 Å². The van der Waals surface area contributed by atoms with Crippen LogP contribution in [-0.2, 0) is 26.3 Å². The third kappa shape index (κ3) is 4.50. The van der Waals surface area contributed by atoms with E-state index in [1.807, 2.05) is 0 Å². The molecule has 0 saturated heterocycles. The summed E-state index contributed by atoms with van der Waals surface area (Å²) >= 11 is 0. The topological polar surface area (TPSA) is 128 Å². The number of hydrogen-bond donors (Lipinski definition) is 3. The van der Waals surface area contributed by atoms with Crippen molar-refractivity contribution >= 4 is 17.6 Å². The molecule has 2 aromatic rings. The summed E-state index contributed by atoms with van der Waals surface area (Å²) < 4.78 is 26.4. The van der Waals surface area contributed by atoms with Gasteiger partial charge in [0.2, 0.25) is 11.8 Å². The van der Waals surface area contributed by atoms with E-state index < -0.39 is 40.8 Å². The van der Waals surface area contributed by atoms with Crippen LogP contribution in [0.15, 0.2) is 42.7 Å². The van der Waals surface area contributed by atoms with Crippen LogP contribution in [0.3, 0.4) is 0 Å². The first-order valence-electron chi connectivity index (χ1n) is 7.92. The van der Waals surface area contributed by atoms with Gasteiger partial charge in [0.25, 0.3) is 0 Å². The quantitative estimate of drug-likeness (QED) is 0.600. The summed E-state index contributed by atoms with van der Waals surface area (Å²) in [5, 5.41) is 2.36. The number of carbonyl (C=O) groups is 3. The molecule has 0 spiro atoms. The maximum atomic E-state index is 13.2. The van der Waals surface area contributed by atoms with Crippen molar-refractivity contribution in [3.05, 3.63) is 65.5 Å². The summed E-state index contributed by atoms with van der Waals surface area (Å²) in [5.41, 5.74) is 9.35. The molecule has 7 nitrogen and oxygen atoms in total. The molecular weight excluding hydrogens is 358 g/mol. The number of Topliss-reactive ketones (excluding diaryl/α,β-unsaturated/α-hetero) is 1. The number of nitrogens with zero attached hydrogens (tertiary/aromatic N) is 1. The fourth-order valence-corrected chi connectivity index (χ4v) is 2.62. The molecule has 9 heteroatoms. The Hall–Kier alpha value is -3.20. The number of primary amides is 1. The molecule has 1 aromatic heterocycles. The minimum atomic E-state index is -2.17. The van der Waals surface area contributed by atoms with Gasteiger partial charge in [-0.1, -0.05) is 0 Å². The Labute approximate surface area is 153 Å². The second-order valence-electron chi connectivity index (χ2n) is 6.02. The summed E-state index contributed by atoms with van der Waals surface area (Å²) in [6.07, 6.45) is 2.32. The van der Waals surface area contributed by atoms with Crippen molar-refractivity contribution in [3.63, 3.8) is 0 Å². The summed E-state index contributed by atoms with van der Waals surface area (Å²) in [4.78, 5) is 40.5. The second-order valence-corrected chi connectivity index (χ2v) is 6.02. The maximum absolute atomic E-state index is 13.2. The Morgan fingerprint density at radius 2 is 1.70 bits per heavy atom. The van der Waals surface area contributed by atoms with E-state index in [9.17, 15) is 23.2 Å². The summed E-state index contributed by atoms with van der Waals surface area (Å²) in [5.74, 6) is -4.25. The number of ketones is 1. The van der Waals surface area contributed by atoms with Crippen molar-refractivity contribution in [1.82, 2.24) is 10.3 Å². The van der Waals surface area contributed by atoms with Crippen LogP contribution in [0.1, 0.15) is 18.1 Å². The van der Waals surface area contributed by atoms with Gasteiger partial charge < -0.3 is 16.8 Å². The van der Waals surface area contributed by atoms with Crippen molar-refractivity contribution in [2.24, 2.45) is 11.5 Å². The molecular formula is C18H18F2N4O3. The Balaban J connectivity index is 2.15. The van der Waals surface area contributed by atoms with Crippen LogP contribution in [0.4, 0.5) is 8.78 Å². The minimum Gasteiger partial charge on any atom is -0.367 e. The second kappa shape index (κ2) is 8.00. The molecule has 0 radical (unpaired) electrons. The molecule has 1 heterocycles. The van der Waals surface area contributed by atoms with Crippen LogP contribution in [0.5, 0.6) is 0 Å². The number of hydrogen-bond acceptors (Lipinski definition) is 5. The molecule has 2 amide bonds. The largest absolute Gasteiger partial charge is 0.367 e. The fraction of sp³-hybridized carbons (Fsp3) is 0.222. The predicted octanol–water partition coefficient (Wildman–Crippen LogP) is 0.316. The van der Waals surface area contributed by atoms with Crippen molar-refractivity contribution < 1.29 is 23.2 Å². The highest BCUT2D eigenvalue weighted by molar-refractivity contribution is 6.13. The van der Waals surface area contributed by atoms with E-state index in [4.69, 9.17) is 11.5 Å². The standard InChI is InChI=1S/C18H18F2N4O3/c1-10(24-15(25)8-11-6-13(19)9-14(20)7-11)16(26)18(22,17(21)27)12-2-4-23-5-3-12/h2-7,9-10H,8,22H2,1H3,(H2,21,27)(H,24,25)/t10-,18?/m0/s1. The van der Waals surface area contributed by atoms with E-state index in [0.29, 0.717) is 6.07 Å². The van der Waals surface area contributed by atoms with E-state index in [-0.39, 0.29) is 17.5 Å². The average Bonchev–Trinajstić information content (AvgIpc) is 2.59. The zero-order valence-corrected chi connectivity index (χ0v) is 14.4. The van der Waals surface area contributed by atoms with Gasteiger partial charge >= 0.3 is 0 Å². The van der Waals surface area contributed by atoms with Gasteiger partial charge in [0.05, 0.1) is 12.5 Å². The average molecular weight is 376 g/mol. The van der Waals surface area contributed by atoms with Crippen LogP contribution in [0.2, 0.25) is 0 Å². The third-order valence-electron chi connectivity index (χ3n) is 3.97. The first-order chi connectivity index (χ1) is 12.6. The van der Waals surface area contributed by atoms with Gasteiger partial charge in [-0.25, -0.2) is 8.78 Å². The van der Waals surface area contributed by atoms with Crippen molar-refractivity contribution in [2.75, 3.05) is 0 Å². The van der Waals surface area contributed by atoms with E-state index in [2.05, 4.69) is 10.3 Å². The molecule has 2 rings (SSSR count). The SMILES string of the molecule is C[C@H](NC(=O)Cc1cc(F)cc(F)c1)C(=O)C(N)(C(N)=O)c1ccncc1. The zero-order valence-electron chi connectivity index (χ0n) is 14.4. The first kappa shape index (κ1) is 20.1. The smallest absolute Gasteiger partial charge is 0.249 e. The van der Waals surface area contributed by atoms with Gasteiger partial charge in [-0.05, 0) is 42.3 Å². The molecule has 0 aliphatic carbocycles. The summed E-state index contributed by atoms with van der Waals surface area (Å²) in [6.45, 7) is 1.33. The summed E-state index contributed by atoms with van der Waals surface area (Å²) in [6, 6.07) is 4.24. The molecule has 0 saturated carbocycles. The highest BCUT2D eigenvalue weighted by atomic mass is 19.1. The van der Waals surface area contributed by atoms with Gasteiger partial charge in [-0.2, -0.15) is 0 Å². The lowest BCUT2D eigenvalue weighted by atomic mass is 9.83. The van der Waals surface area contributed by atoms with Gasteiger partial charge in [0, 0.05) is 18.5 Å². The van der Waals surface area contributed by atoms with Crippen molar-refractivity contribution in [2.45, 2.75) is 24.9 Å². The number of carbonyl (C=O) groups excluding carboxylic acids is 3. The van der Waals surface area contributed by atoms with Gasteiger partial charge in [-0.3, -0.25) is 19.4 Å². The third-order valence-corrected chi connectivity index (χ3v) is 3.97. The van der Waals surface area contributed by atoms with Gasteiger partial charge in [0.1, 0.15) is 11.6 Å². The van der Waals surface area contributed by atoms with E-state index in [0.717, 1.165) is 12.1 Å². The van der Waals surface area contributed by atoms with Crippen molar-refractivity contribution in [1.29, 1.82) is 0 Å². The number of nitrogens with one attached hydrogen (secondary N) is 1. The molecule has 0 aliphatic rings. The lowest BCUT2D eigenvalue weighted by Gasteiger charge is -2.28. The van der Waals surface area contributed by atoms with Crippen molar-refractivity contribution in [3.8, 4) is 0 Å². The zero-order chi connectivity index (χ0) is 20.2. The Morgan fingerprint density at radius 1 is 1.15 bits per heavy atom. The lowest BCUT2D eigenvalue weighted by Crippen LogP contribution is -2.60. The highest BCUT2D eigenvalue weighted by Gasteiger charge is 2.44. The molecule has 2 atom stereocenters. The van der Waals surface area contributed by atoms with Crippen LogP contribution in [-0.4, -0.2) is 28.6 Å². The number of rotatable bonds is 7. The molecule has 0 bridgehead atoms. The maximum Gasteiger partial charge on any atom is 0.249 e. The number of pyridine rings is 1. The van der Waals surface area contributed by atoms with Crippen LogP contribution in [0, 0.1) is 11.6 Å². The highest BCUT2D eigenvalue weighted by Crippen LogP contribution is 2.20. The van der Waals surface area contributed by atoms with Crippen LogP contribution < -0.4 is 16.8 Å². The number of amides is 2. The molecule has 0 fully saturated rings. The molecule has 1 aromatic carbocycles. The number of nitrogens with two attached hydrogens (primary N) is 2. The van der Waals surface area contributed by atoms with Gasteiger partial charge in [0.15, 0.2) is 11.3 Å². The molecule has 27 heavy (non-hydrogen) atoms. The Morgan fingerprint density at radius 3 is 2.22 bits per heavy atom. The predicted molar refractivity (Wildman–Crippen MR) is 92.0 cm³/mol. The van der Waals surface area contributed by atoms with E-state index >= 15 is 0 Å². The van der Waals surface area contributed by atoms with E-state index in [1.165, 1.54) is 31.5 Å². The van der Waals surface area contributed by atoms with Gasteiger partial charge in [-0.15, -0.1) is 0 Å². The van der Waals surface area contributed by atoms with Crippen LogP contribution >= 0.6 is 0 Å². The number of halogens is 2. The lowest BCUT2D eigenvalue weighted by molar-refractivity contribution is -0.137. The molecule has 1 unspecified atom stereocenters. The monoisotopic (exact) mass is 376 g/mol. The molecule has 5 N–H and O–H groups in total. The Kier molecular flexibility index (Phi) is 5.96. The number of aromatic nitrogens is 1. The molecule has 0 aliphatic heterocycles. The first-order valence-corrected chi connectivity index (χ1v) is 7.92. The van der Waals surface area contributed by atoms with Crippen LogP contribution in [0.25, 0.3) is 0 Å².